The minimum Gasteiger partial charge on any atom is -0.389 e. The predicted octanol–water partition coefficient (Wildman–Crippen LogP) is 1.16. The monoisotopic (exact) mass is 253 g/mol. The van der Waals surface area contributed by atoms with Crippen LogP contribution in [0.25, 0.3) is 10.9 Å². The maximum Gasteiger partial charge on any atom is 0.189 e. The van der Waals surface area contributed by atoms with Gasteiger partial charge < -0.3 is 15.2 Å². The third kappa shape index (κ3) is 2.34. The maximum absolute atomic E-state index is 11.6. The molecule has 90 valence electrons. The van der Waals surface area contributed by atoms with Gasteiger partial charge in [-0.2, -0.15) is 0 Å². The van der Waals surface area contributed by atoms with E-state index in [9.17, 15) is 15.0 Å². The molecule has 0 spiro atoms. The molecule has 2 atom stereocenters. The van der Waals surface area contributed by atoms with Gasteiger partial charge in [-0.1, -0.05) is 6.07 Å². The zero-order valence-corrected chi connectivity index (χ0v) is 9.69. The average molecular weight is 254 g/mol. The van der Waals surface area contributed by atoms with Crippen molar-refractivity contribution in [3.63, 3.8) is 0 Å². The molecule has 0 fully saturated rings. The van der Waals surface area contributed by atoms with Crippen LogP contribution >= 0.6 is 11.6 Å². The summed E-state index contributed by atoms with van der Waals surface area (Å²) in [6, 6.07) is 6.32. The van der Waals surface area contributed by atoms with Crippen molar-refractivity contribution in [2.24, 2.45) is 0 Å². The standard InChI is InChI=1S/C12H12ClNO3/c13-6-11(16)12(17)7-1-2-9-8(5-7)10(15)3-4-14-9/h1-5,11-12,16-17H,6H2,(H,14,15). The molecule has 0 amide bonds. The van der Waals surface area contributed by atoms with Gasteiger partial charge in [-0.05, 0) is 17.7 Å². The van der Waals surface area contributed by atoms with Gasteiger partial charge in [0.05, 0.1) is 12.0 Å². The lowest BCUT2D eigenvalue weighted by Gasteiger charge is -2.15. The van der Waals surface area contributed by atoms with Gasteiger partial charge in [0.25, 0.3) is 0 Å². The molecule has 17 heavy (non-hydrogen) atoms. The van der Waals surface area contributed by atoms with E-state index in [0.29, 0.717) is 16.5 Å². The highest BCUT2D eigenvalue weighted by molar-refractivity contribution is 6.18. The summed E-state index contributed by atoms with van der Waals surface area (Å²) >= 11 is 5.47. The lowest BCUT2D eigenvalue weighted by atomic mass is 10.0. The number of aromatic nitrogens is 1. The Morgan fingerprint density at radius 2 is 2.06 bits per heavy atom. The van der Waals surface area contributed by atoms with Crippen molar-refractivity contribution < 1.29 is 10.2 Å². The molecule has 0 aliphatic rings. The molecule has 2 unspecified atom stereocenters. The van der Waals surface area contributed by atoms with Crippen LogP contribution in [0, 0.1) is 0 Å². The number of nitrogens with one attached hydrogen (secondary N) is 1. The number of aliphatic hydroxyl groups excluding tert-OH is 2. The van der Waals surface area contributed by atoms with Gasteiger partial charge in [0, 0.05) is 23.2 Å². The Kier molecular flexibility index (Phi) is 3.47. The Labute approximate surface area is 102 Å². The Bertz CT molecular complexity index is 581. The van der Waals surface area contributed by atoms with Crippen molar-refractivity contribution in [2.75, 3.05) is 5.88 Å². The normalized spacial score (nSPS) is 14.8. The molecule has 2 aromatic rings. The number of benzene rings is 1. The van der Waals surface area contributed by atoms with Gasteiger partial charge in [-0.25, -0.2) is 0 Å². The van der Waals surface area contributed by atoms with E-state index >= 15 is 0 Å². The lowest BCUT2D eigenvalue weighted by molar-refractivity contribution is 0.0328. The molecule has 0 radical (unpaired) electrons. The summed E-state index contributed by atoms with van der Waals surface area (Å²) in [5, 5.41) is 19.7. The zero-order chi connectivity index (χ0) is 12.4. The Balaban J connectivity index is 2.51. The largest absolute Gasteiger partial charge is 0.389 e. The molecule has 1 aromatic heterocycles. The highest BCUT2D eigenvalue weighted by atomic mass is 35.5. The minimum atomic E-state index is -1.09. The molecule has 0 saturated carbocycles. The van der Waals surface area contributed by atoms with Crippen LogP contribution in [0.3, 0.4) is 0 Å². The number of halogens is 1. The quantitative estimate of drug-likeness (QED) is 0.719. The smallest absolute Gasteiger partial charge is 0.189 e. The van der Waals surface area contributed by atoms with Gasteiger partial charge >= 0.3 is 0 Å². The van der Waals surface area contributed by atoms with E-state index in [-0.39, 0.29) is 11.3 Å². The van der Waals surface area contributed by atoms with Crippen molar-refractivity contribution in [2.45, 2.75) is 12.2 Å². The van der Waals surface area contributed by atoms with E-state index in [2.05, 4.69) is 4.98 Å². The number of alkyl halides is 1. The fourth-order valence-electron chi connectivity index (χ4n) is 1.68. The molecular formula is C12H12ClNO3. The molecule has 1 heterocycles. The molecule has 0 bridgehead atoms. The SMILES string of the molecule is O=c1cc[nH]c2ccc(C(O)C(O)CCl)cc12. The average Bonchev–Trinajstić information content (AvgIpc) is 2.37. The first-order chi connectivity index (χ1) is 8.13. The third-order valence-corrected chi connectivity index (χ3v) is 2.96. The first-order valence-electron chi connectivity index (χ1n) is 5.17. The summed E-state index contributed by atoms with van der Waals surface area (Å²) in [4.78, 5) is 14.5. The second-order valence-electron chi connectivity index (χ2n) is 3.81. The number of pyridine rings is 1. The summed E-state index contributed by atoms with van der Waals surface area (Å²) in [7, 11) is 0. The van der Waals surface area contributed by atoms with E-state index in [0.717, 1.165) is 0 Å². The van der Waals surface area contributed by atoms with Crippen LogP contribution in [0.5, 0.6) is 0 Å². The Hall–Kier alpha value is -1.36. The van der Waals surface area contributed by atoms with E-state index < -0.39 is 12.2 Å². The van der Waals surface area contributed by atoms with Gasteiger partial charge in [-0.15, -0.1) is 11.6 Å². The Morgan fingerprint density at radius 3 is 2.76 bits per heavy atom. The van der Waals surface area contributed by atoms with Crippen LogP contribution in [-0.2, 0) is 0 Å². The second-order valence-corrected chi connectivity index (χ2v) is 4.12. The first kappa shape index (κ1) is 12.1. The van der Waals surface area contributed by atoms with Crippen molar-refractivity contribution >= 4 is 22.5 Å². The molecule has 0 aliphatic heterocycles. The summed E-state index contributed by atoms with van der Waals surface area (Å²) in [6.07, 6.45) is -0.567. The molecule has 0 saturated heterocycles. The molecule has 4 nitrogen and oxygen atoms in total. The van der Waals surface area contributed by atoms with Crippen molar-refractivity contribution in [1.82, 2.24) is 4.98 Å². The fourth-order valence-corrected chi connectivity index (χ4v) is 1.85. The van der Waals surface area contributed by atoms with Crippen molar-refractivity contribution in [3.8, 4) is 0 Å². The predicted molar refractivity (Wildman–Crippen MR) is 66.3 cm³/mol. The zero-order valence-electron chi connectivity index (χ0n) is 8.93. The minimum absolute atomic E-state index is 0.0651. The molecular weight excluding hydrogens is 242 g/mol. The summed E-state index contributed by atoms with van der Waals surface area (Å²) in [5.74, 6) is -0.0651. The molecule has 3 N–H and O–H groups in total. The van der Waals surface area contributed by atoms with Crippen LogP contribution in [0.15, 0.2) is 35.3 Å². The lowest BCUT2D eigenvalue weighted by Crippen LogP contribution is -2.19. The van der Waals surface area contributed by atoms with Crippen LogP contribution in [0.4, 0.5) is 0 Å². The van der Waals surface area contributed by atoms with E-state index in [1.54, 1.807) is 24.4 Å². The molecule has 2 rings (SSSR count). The van der Waals surface area contributed by atoms with E-state index in [1.807, 2.05) is 0 Å². The molecule has 5 heteroatoms. The Morgan fingerprint density at radius 1 is 1.29 bits per heavy atom. The number of aromatic amines is 1. The van der Waals surface area contributed by atoms with Crippen LogP contribution < -0.4 is 5.43 Å². The molecule has 1 aromatic carbocycles. The molecule has 0 aliphatic carbocycles. The van der Waals surface area contributed by atoms with Crippen molar-refractivity contribution in [1.29, 1.82) is 0 Å². The van der Waals surface area contributed by atoms with Gasteiger partial charge in [0.15, 0.2) is 5.43 Å². The fraction of sp³-hybridized carbons (Fsp3) is 0.250. The number of fused-ring (bicyclic) bond motifs is 1. The van der Waals surface area contributed by atoms with Gasteiger partial charge in [-0.3, -0.25) is 4.79 Å². The summed E-state index contributed by atoms with van der Waals surface area (Å²) in [5.41, 5.74) is 1.03. The first-order valence-corrected chi connectivity index (χ1v) is 5.70. The summed E-state index contributed by atoms with van der Waals surface area (Å²) < 4.78 is 0. The van der Waals surface area contributed by atoms with Gasteiger partial charge in [0.2, 0.25) is 0 Å². The van der Waals surface area contributed by atoms with E-state index in [1.165, 1.54) is 6.07 Å². The topological polar surface area (TPSA) is 73.3 Å². The van der Waals surface area contributed by atoms with Gasteiger partial charge in [0.1, 0.15) is 6.10 Å². The number of aliphatic hydroxyl groups is 2. The van der Waals surface area contributed by atoms with Crippen LogP contribution in [0.1, 0.15) is 11.7 Å². The van der Waals surface area contributed by atoms with Crippen LogP contribution in [-0.4, -0.2) is 27.2 Å². The highest BCUT2D eigenvalue weighted by Gasteiger charge is 2.17. The third-order valence-electron chi connectivity index (χ3n) is 2.65. The van der Waals surface area contributed by atoms with Crippen molar-refractivity contribution in [3.05, 3.63) is 46.2 Å². The number of H-pyrrole nitrogens is 1. The van der Waals surface area contributed by atoms with E-state index in [4.69, 9.17) is 11.6 Å². The van der Waals surface area contributed by atoms with Crippen LogP contribution in [0.2, 0.25) is 0 Å². The number of hydrogen-bond acceptors (Lipinski definition) is 3. The maximum atomic E-state index is 11.6. The number of rotatable bonds is 3. The highest BCUT2D eigenvalue weighted by Crippen LogP contribution is 2.20. The summed E-state index contributed by atoms with van der Waals surface area (Å²) in [6.45, 7) is 0. The second kappa shape index (κ2) is 4.87. The number of hydrogen-bond donors (Lipinski definition) is 3.